The van der Waals surface area contributed by atoms with Crippen molar-refractivity contribution < 1.29 is 24.3 Å². The molecular weight excluding hydrogens is 504 g/mol. The zero-order valence-corrected chi connectivity index (χ0v) is 21.9. The van der Waals surface area contributed by atoms with Gasteiger partial charge in [0, 0.05) is 24.1 Å². The summed E-state index contributed by atoms with van der Waals surface area (Å²) in [7, 11) is 0. The molecule has 4 aromatic carbocycles. The highest BCUT2D eigenvalue weighted by Gasteiger charge is 2.30. The second kappa shape index (κ2) is 13.2. The van der Waals surface area contributed by atoms with Gasteiger partial charge >= 0.3 is 5.97 Å². The zero-order chi connectivity index (χ0) is 28.5. The number of benzene rings is 4. The molecule has 0 fully saturated rings. The Labute approximate surface area is 232 Å². The van der Waals surface area contributed by atoms with Gasteiger partial charge in [-0.25, -0.2) is 4.79 Å². The molecule has 3 N–H and O–H groups in total. The largest absolute Gasteiger partial charge is 0.480 e. The number of nitrogens with zero attached hydrogens (tertiary/aromatic N) is 1. The van der Waals surface area contributed by atoms with Crippen molar-refractivity contribution in [3.8, 4) is 22.3 Å². The fraction of sp³-hybridized carbons (Fsp3) is 0.152. The highest BCUT2D eigenvalue weighted by molar-refractivity contribution is 5.97. The van der Waals surface area contributed by atoms with Gasteiger partial charge in [0.2, 0.25) is 5.91 Å². The monoisotopic (exact) mass is 534 g/mol. The van der Waals surface area contributed by atoms with Crippen LogP contribution in [-0.2, 0) is 16.0 Å². The molecule has 0 aromatic heterocycles. The number of hydrogen-bond acceptors (Lipinski definition) is 4. The number of primary amides is 1. The van der Waals surface area contributed by atoms with Crippen LogP contribution in [0, 0.1) is 0 Å². The Kier molecular flexibility index (Phi) is 9.20. The smallest absolute Gasteiger partial charge is 0.326 e. The van der Waals surface area contributed by atoms with E-state index in [0.717, 1.165) is 34.1 Å². The Balaban J connectivity index is 1.58. The van der Waals surface area contributed by atoms with Gasteiger partial charge in [0.05, 0.1) is 0 Å². The Hall–Kier alpha value is -5.04. The predicted molar refractivity (Wildman–Crippen MR) is 154 cm³/mol. The normalized spacial score (nSPS) is 11.4. The summed E-state index contributed by atoms with van der Waals surface area (Å²) in [6.45, 7) is 0.128. The Morgan fingerprint density at radius 1 is 0.775 bits per heavy atom. The summed E-state index contributed by atoms with van der Waals surface area (Å²) >= 11 is 0. The standard InChI is InChI=1S/C33H30N2O5/c34-31(37)18-17-30(33(39)40)35(32(38)28-15-13-26(14-16-28)25-6-2-1-3-7-25)20-19-23-5-4-8-29(21-23)27-11-9-24(22-36)10-12-27/h1-16,21-22,30H,17-20H2,(H2,34,37)(H,39,40)/t30-/m0/s1. The van der Waals surface area contributed by atoms with Crippen LogP contribution in [0.2, 0.25) is 0 Å². The topological polar surface area (TPSA) is 118 Å². The lowest BCUT2D eigenvalue weighted by Gasteiger charge is -2.29. The quantitative estimate of drug-likeness (QED) is 0.241. The number of aliphatic carboxylic acids is 1. The number of carbonyl (C=O) groups is 4. The molecule has 7 nitrogen and oxygen atoms in total. The number of nitrogens with two attached hydrogens (primary N) is 1. The van der Waals surface area contributed by atoms with Crippen molar-refractivity contribution >= 4 is 24.1 Å². The van der Waals surface area contributed by atoms with Crippen LogP contribution in [0.4, 0.5) is 0 Å². The number of carboxylic acid groups (broad SMARTS) is 1. The van der Waals surface area contributed by atoms with Gasteiger partial charge in [-0.2, -0.15) is 0 Å². The van der Waals surface area contributed by atoms with Crippen molar-refractivity contribution in [2.24, 2.45) is 5.73 Å². The van der Waals surface area contributed by atoms with E-state index in [-0.39, 0.29) is 19.4 Å². The molecule has 4 aromatic rings. The van der Waals surface area contributed by atoms with Gasteiger partial charge in [-0.15, -0.1) is 0 Å². The minimum Gasteiger partial charge on any atom is -0.480 e. The second-order valence-electron chi connectivity index (χ2n) is 9.49. The van der Waals surface area contributed by atoms with E-state index >= 15 is 0 Å². The van der Waals surface area contributed by atoms with Gasteiger partial charge in [0.1, 0.15) is 12.3 Å². The van der Waals surface area contributed by atoms with Gasteiger partial charge in [-0.05, 0) is 52.8 Å². The minimum absolute atomic E-state index is 0.0817. The third-order valence-electron chi connectivity index (χ3n) is 6.77. The first-order valence-corrected chi connectivity index (χ1v) is 13.0. The van der Waals surface area contributed by atoms with Crippen molar-refractivity contribution in [3.63, 3.8) is 0 Å². The molecule has 0 unspecified atom stereocenters. The van der Waals surface area contributed by atoms with E-state index in [9.17, 15) is 24.3 Å². The first-order chi connectivity index (χ1) is 19.4. The third-order valence-corrected chi connectivity index (χ3v) is 6.77. The number of rotatable bonds is 12. The van der Waals surface area contributed by atoms with Crippen molar-refractivity contribution in [2.45, 2.75) is 25.3 Å². The fourth-order valence-corrected chi connectivity index (χ4v) is 4.60. The number of carbonyl (C=O) groups excluding carboxylic acids is 3. The average molecular weight is 535 g/mol. The lowest BCUT2D eigenvalue weighted by Crippen LogP contribution is -2.46. The molecule has 40 heavy (non-hydrogen) atoms. The minimum atomic E-state index is -1.21. The van der Waals surface area contributed by atoms with Crippen molar-refractivity contribution in [2.75, 3.05) is 6.54 Å². The molecule has 0 aliphatic rings. The lowest BCUT2D eigenvalue weighted by molar-refractivity contribution is -0.142. The summed E-state index contributed by atoms with van der Waals surface area (Å²) in [5.41, 5.74) is 11.0. The van der Waals surface area contributed by atoms with Crippen LogP contribution in [0.5, 0.6) is 0 Å². The average Bonchev–Trinajstić information content (AvgIpc) is 2.99. The molecular formula is C33H30N2O5. The third kappa shape index (κ3) is 7.08. The molecule has 2 amide bonds. The van der Waals surface area contributed by atoms with E-state index in [0.29, 0.717) is 17.5 Å². The zero-order valence-electron chi connectivity index (χ0n) is 21.9. The fourth-order valence-electron chi connectivity index (χ4n) is 4.60. The van der Waals surface area contributed by atoms with E-state index in [2.05, 4.69) is 0 Å². The maximum absolute atomic E-state index is 13.7. The summed E-state index contributed by atoms with van der Waals surface area (Å²) in [5.74, 6) is -2.25. The predicted octanol–water partition coefficient (Wildman–Crippen LogP) is 5.24. The highest BCUT2D eigenvalue weighted by Crippen LogP contribution is 2.23. The van der Waals surface area contributed by atoms with Gasteiger partial charge in [-0.3, -0.25) is 14.4 Å². The molecule has 1 atom stereocenters. The van der Waals surface area contributed by atoms with Crippen LogP contribution in [-0.4, -0.2) is 46.7 Å². The molecule has 0 saturated heterocycles. The first kappa shape index (κ1) is 28.0. The molecule has 0 spiro atoms. The highest BCUT2D eigenvalue weighted by atomic mass is 16.4. The first-order valence-electron chi connectivity index (χ1n) is 13.0. The second-order valence-corrected chi connectivity index (χ2v) is 9.49. The number of carboxylic acids is 1. The van der Waals surface area contributed by atoms with Crippen molar-refractivity contribution in [1.82, 2.24) is 4.90 Å². The Bertz CT molecular complexity index is 1480. The van der Waals surface area contributed by atoms with Crippen LogP contribution >= 0.6 is 0 Å². The van der Waals surface area contributed by atoms with E-state index in [4.69, 9.17) is 5.73 Å². The van der Waals surface area contributed by atoms with Crippen molar-refractivity contribution in [1.29, 1.82) is 0 Å². The van der Waals surface area contributed by atoms with E-state index in [1.54, 1.807) is 24.3 Å². The molecule has 0 radical (unpaired) electrons. The Morgan fingerprint density at radius 3 is 2.00 bits per heavy atom. The van der Waals surface area contributed by atoms with Crippen LogP contribution in [0.15, 0.2) is 103 Å². The Morgan fingerprint density at radius 2 is 1.38 bits per heavy atom. The SMILES string of the molecule is NC(=O)CC[C@@H](C(=O)O)N(CCc1cccc(-c2ccc(C=O)cc2)c1)C(=O)c1ccc(-c2ccccc2)cc1. The van der Waals surface area contributed by atoms with Crippen LogP contribution in [0.25, 0.3) is 22.3 Å². The molecule has 0 aliphatic carbocycles. The van der Waals surface area contributed by atoms with E-state index < -0.39 is 23.8 Å². The maximum Gasteiger partial charge on any atom is 0.326 e. The van der Waals surface area contributed by atoms with Gasteiger partial charge in [0.25, 0.3) is 5.91 Å². The number of aldehydes is 1. The van der Waals surface area contributed by atoms with Gasteiger partial charge < -0.3 is 15.7 Å². The summed E-state index contributed by atoms with van der Waals surface area (Å²) in [5, 5.41) is 10.0. The van der Waals surface area contributed by atoms with E-state index in [1.165, 1.54) is 4.90 Å². The summed E-state index contributed by atoms with van der Waals surface area (Å²) in [4.78, 5) is 49.7. The maximum atomic E-state index is 13.7. The van der Waals surface area contributed by atoms with Gasteiger partial charge in [0.15, 0.2) is 0 Å². The number of amides is 2. The summed E-state index contributed by atoms with van der Waals surface area (Å²) < 4.78 is 0. The molecule has 0 bridgehead atoms. The lowest BCUT2D eigenvalue weighted by atomic mass is 9.99. The summed E-state index contributed by atoms with van der Waals surface area (Å²) in [6, 6.07) is 30.5. The van der Waals surface area contributed by atoms with Crippen LogP contribution in [0.3, 0.4) is 0 Å². The van der Waals surface area contributed by atoms with Crippen molar-refractivity contribution in [3.05, 3.63) is 120 Å². The molecule has 0 saturated carbocycles. The van der Waals surface area contributed by atoms with Crippen LogP contribution in [0.1, 0.15) is 39.1 Å². The van der Waals surface area contributed by atoms with Crippen LogP contribution < -0.4 is 5.73 Å². The molecule has 0 aliphatic heterocycles. The summed E-state index contributed by atoms with van der Waals surface area (Å²) in [6.07, 6.45) is 0.953. The molecule has 0 heterocycles. The molecule has 7 heteroatoms. The molecule has 4 rings (SSSR count). The van der Waals surface area contributed by atoms with Gasteiger partial charge in [-0.1, -0.05) is 91.0 Å². The van der Waals surface area contributed by atoms with E-state index in [1.807, 2.05) is 78.9 Å². The molecule has 202 valence electrons. The number of hydrogen-bond donors (Lipinski definition) is 2.